The van der Waals surface area contributed by atoms with Gasteiger partial charge in [-0.05, 0) is 159 Å². The Morgan fingerprint density at radius 1 is 0.592 bits per heavy atom. The van der Waals surface area contributed by atoms with Crippen molar-refractivity contribution in [2.45, 2.75) is 203 Å². The lowest BCUT2D eigenvalue weighted by molar-refractivity contribution is -0.438. The van der Waals surface area contributed by atoms with Crippen LogP contribution in [0, 0.1) is 0 Å². The summed E-state index contributed by atoms with van der Waals surface area (Å²) in [6.07, 6.45) is 17.3. The lowest BCUT2D eigenvalue weighted by Gasteiger charge is -2.29. The summed E-state index contributed by atoms with van der Waals surface area (Å²) in [7, 11) is 1.81. The first kappa shape index (κ1) is 93.8. The number of benzene rings is 7. The molecular weight excluding hydrogens is 1630 g/mol. The second-order valence-electron chi connectivity index (χ2n) is 33.2. The average Bonchev–Trinajstić information content (AvgIpc) is 1.58. The number of nitrogens with zero attached hydrogens (tertiary/aromatic N) is 2. The summed E-state index contributed by atoms with van der Waals surface area (Å²) in [4.78, 5) is 148. The van der Waals surface area contributed by atoms with Gasteiger partial charge in [-0.2, -0.15) is 4.58 Å². The number of H-pyrrole nitrogens is 1. The van der Waals surface area contributed by atoms with Crippen molar-refractivity contribution < 1.29 is 78.1 Å². The number of nitrogens with one attached hydrogen (secondary N) is 9. The third kappa shape index (κ3) is 24.4. The van der Waals surface area contributed by atoms with Crippen LogP contribution in [0.1, 0.15) is 140 Å². The normalized spacial score (nSPS) is 20.3. The SMILES string of the molecule is C[C@@H](O)[C@H](NC(=O)[C@@H]1CSSC[C@H](NC(=O)[C@@H](Cc2ccccc2)NC(=O)CCCCC[N+]2=C(/C=C/C=C/C=C/C=C3/N(CCCCCC(=O)O)c4ccc5ccccc5c4C3(C)C)C(C)(C)c3c2ccc2ccccc32)C(=O)N[C@@H](Cc2ccc(O)cc2)C(=O)N[C@H](Cc2c[nH]c3ccccc23)C(=O)N[C@@H](CCCCN)C(=O)N[C@@H]([C@@H](C)O)C(=O)N1)C(=O)O. The number of hydrogen-bond acceptors (Lipinski definition) is 17. The van der Waals surface area contributed by atoms with Crippen LogP contribution in [0.4, 0.5) is 11.4 Å². The number of aliphatic hydroxyl groups is 2. The van der Waals surface area contributed by atoms with E-state index in [1.807, 2.05) is 42.5 Å². The number of carbonyl (C=O) groups is 10. The zero-order chi connectivity index (χ0) is 89.5. The van der Waals surface area contributed by atoms with E-state index in [4.69, 9.17) is 5.73 Å². The smallest absolute Gasteiger partial charge is 0.328 e. The Hall–Kier alpha value is -11.9. The van der Waals surface area contributed by atoms with Crippen molar-refractivity contribution in [1.82, 2.24) is 47.5 Å². The molecule has 660 valence electrons. The molecule has 16 N–H and O–H groups in total. The molecule has 10 atom stereocenters. The number of phenols is 1. The van der Waals surface area contributed by atoms with Crippen molar-refractivity contribution >= 4 is 130 Å². The molecule has 3 aliphatic heterocycles. The first-order valence-electron chi connectivity index (χ1n) is 42.8. The number of hydrogen-bond donors (Lipinski definition) is 15. The van der Waals surface area contributed by atoms with Crippen molar-refractivity contribution in [3.05, 3.63) is 234 Å². The summed E-state index contributed by atoms with van der Waals surface area (Å²) in [6, 6.07) is 34.8. The molecular formula is C96H115N12O15S2+. The van der Waals surface area contributed by atoms with Crippen LogP contribution < -0.4 is 53.2 Å². The molecule has 1 aromatic heterocycles. The number of aliphatic hydroxyl groups excluding tert-OH is 2. The number of aromatic nitrogens is 1. The number of rotatable bonds is 34. The number of allylic oxidation sites excluding steroid dienone is 8. The van der Waals surface area contributed by atoms with Crippen LogP contribution in [-0.2, 0) is 78.0 Å². The zero-order valence-corrected chi connectivity index (χ0v) is 73.0. The maximum atomic E-state index is 15.4. The van der Waals surface area contributed by atoms with Gasteiger partial charge in [-0.3, -0.25) is 43.2 Å². The number of fused-ring (bicyclic) bond motifs is 7. The maximum absolute atomic E-state index is 15.4. The number of aromatic hydroxyl groups is 1. The summed E-state index contributed by atoms with van der Waals surface area (Å²) in [6.45, 7) is 12.9. The van der Waals surface area contributed by atoms with Crippen LogP contribution in [0.5, 0.6) is 5.75 Å². The highest BCUT2D eigenvalue weighted by molar-refractivity contribution is 8.76. The van der Waals surface area contributed by atoms with Gasteiger partial charge >= 0.3 is 11.9 Å². The summed E-state index contributed by atoms with van der Waals surface area (Å²) in [5, 5.41) is 78.3. The van der Waals surface area contributed by atoms with E-state index in [2.05, 4.69) is 176 Å². The van der Waals surface area contributed by atoms with E-state index < -0.39 is 131 Å². The molecule has 0 aliphatic carbocycles. The van der Waals surface area contributed by atoms with E-state index >= 15 is 19.2 Å². The van der Waals surface area contributed by atoms with E-state index in [1.54, 1.807) is 42.6 Å². The molecule has 29 heteroatoms. The largest absolute Gasteiger partial charge is 0.508 e. The molecule has 0 spiro atoms. The van der Waals surface area contributed by atoms with Gasteiger partial charge in [-0.25, -0.2) is 4.79 Å². The summed E-state index contributed by atoms with van der Waals surface area (Å²) >= 11 is 0. The minimum absolute atomic E-state index is 0.0174. The molecule has 8 amide bonds. The Bertz CT molecular complexity index is 5370. The van der Waals surface area contributed by atoms with E-state index in [1.165, 1.54) is 58.8 Å². The Balaban J connectivity index is 0.841. The molecule has 27 nitrogen and oxygen atoms in total. The monoisotopic (exact) mass is 1740 g/mol. The van der Waals surface area contributed by atoms with Gasteiger partial charge in [0, 0.05) is 108 Å². The Morgan fingerprint density at radius 2 is 1.21 bits per heavy atom. The standard InChI is InChI=1S/C96H114N12O15S2/c1-59(109)85-93(121)104-76(92(120)106-86(60(2)110)94(122)123)58-125-124-57-75(91(119)101-73(54-62-42-46-66(111)47-43-62)89(117)102-74(55-65-56-98-70-36-24-23-33-67(65)70)90(118)100-71(87(115)105-85)37-25-26-50-97)103-88(116)72(53-61-29-13-10-14-30-61)99-81(112)40-17-11-27-51-107-77-48-44-63-31-19-21-34-68(63)83(77)95(3,4)79(107)38-15-8-7-9-16-39-80-96(5,6)84-69-35-22-20-32-64(69)45-49-78(84)108(80)52-28-12-18-41-82(113)114/h7-10,13-16,19-24,29-36,38-39,42-49,56,59-60,71-76,85-86,98,109-110H,11-12,17-18,25-28,37,40-41,50-55,57-58,97H2,1-6H3,(H10-,99,100,101,102,103,104,105,106,111,112,113,114,115,116,117,118,119,120,121,122,123)/p+1/t59-,60-,71+,72-,73+,74-,75+,76+,85+,86+/m1/s1. The van der Waals surface area contributed by atoms with E-state index in [0.717, 1.165) is 75.8 Å². The van der Waals surface area contributed by atoms with Crippen molar-refractivity contribution in [1.29, 1.82) is 0 Å². The third-order valence-corrected chi connectivity index (χ3v) is 25.6. The predicted molar refractivity (Wildman–Crippen MR) is 489 cm³/mol. The van der Waals surface area contributed by atoms with Crippen molar-refractivity contribution in [2.75, 3.05) is 36.0 Å². The number of carboxylic acid groups (broad SMARTS) is 2. The molecule has 1 fully saturated rings. The van der Waals surface area contributed by atoms with Crippen molar-refractivity contribution in [2.24, 2.45) is 5.73 Å². The molecule has 8 aromatic rings. The quantitative estimate of drug-likeness (QED) is 0.00771. The van der Waals surface area contributed by atoms with Crippen LogP contribution in [0.3, 0.4) is 0 Å². The number of carboxylic acids is 2. The van der Waals surface area contributed by atoms with Crippen molar-refractivity contribution in [3.63, 3.8) is 0 Å². The number of phenolic OH excluding ortho intramolecular Hbond substituents is 1. The summed E-state index contributed by atoms with van der Waals surface area (Å²) in [5.41, 5.74) is 14.5. The van der Waals surface area contributed by atoms with E-state index in [-0.39, 0.29) is 68.4 Å². The van der Waals surface area contributed by atoms with Gasteiger partial charge in [0.05, 0.1) is 17.6 Å². The topological polar surface area (TPSA) is 416 Å². The highest BCUT2D eigenvalue weighted by Gasteiger charge is 2.46. The van der Waals surface area contributed by atoms with Gasteiger partial charge in [0.15, 0.2) is 11.8 Å². The second-order valence-corrected chi connectivity index (χ2v) is 35.7. The van der Waals surface area contributed by atoms with Crippen LogP contribution in [0.25, 0.3) is 32.4 Å². The van der Waals surface area contributed by atoms with Crippen LogP contribution in [0.2, 0.25) is 0 Å². The molecule has 7 aromatic carbocycles. The summed E-state index contributed by atoms with van der Waals surface area (Å²) < 4.78 is 2.36. The molecule has 125 heavy (non-hydrogen) atoms. The fourth-order valence-corrected chi connectivity index (χ4v) is 19.0. The maximum Gasteiger partial charge on any atom is 0.328 e. The Morgan fingerprint density at radius 3 is 1.90 bits per heavy atom. The number of nitrogens with two attached hydrogens (primary N) is 1. The first-order valence-corrected chi connectivity index (χ1v) is 45.2. The molecule has 0 radical (unpaired) electrons. The van der Waals surface area contributed by atoms with E-state index in [9.17, 15) is 54.3 Å². The van der Waals surface area contributed by atoms with Gasteiger partial charge in [0.1, 0.15) is 54.6 Å². The number of aromatic amines is 1. The average molecular weight is 1740 g/mol. The van der Waals surface area contributed by atoms with Gasteiger partial charge in [-0.1, -0.05) is 187 Å². The molecule has 1 saturated heterocycles. The van der Waals surface area contributed by atoms with Crippen LogP contribution in [0.15, 0.2) is 206 Å². The zero-order valence-electron chi connectivity index (χ0n) is 71.4. The molecule has 3 aliphatic rings. The second kappa shape index (κ2) is 44.1. The number of carbonyl (C=O) groups excluding carboxylic acids is 8. The Labute approximate surface area is 735 Å². The van der Waals surface area contributed by atoms with Crippen molar-refractivity contribution in [3.8, 4) is 5.75 Å². The van der Waals surface area contributed by atoms with Gasteiger partial charge < -0.3 is 83.7 Å². The number of unbranched alkanes of at least 4 members (excludes halogenated alkanes) is 5. The molecule has 0 unspecified atom stereocenters. The molecule has 0 bridgehead atoms. The minimum atomic E-state index is -1.88. The number of anilines is 1. The predicted octanol–water partition coefficient (Wildman–Crippen LogP) is 10.1. The number of para-hydroxylation sites is 1. The molecule has 4 heterocycles. The fraction of sp³-hybridized carbons (Fsp3) is 0.385. The lowest BCUT2D eigenvalue weighted by atomic mass is 9.79. The van der Waals surface area contributed by atoms with Gasteiger partial charge in [-0.15, -0.1) is 0 Å². The van der Waals surface area contributed by atoms with Crippen LogP contribution >= 0.6 is 21.6 Å². The third-order valence-electron chi connectivity index (χ3n) is 23.2. The highest BCUT2D eigenvalue weighted by Crippen LogP contribution is 2.51. The van der Waals surface area contributed by atoms with Crippen LogP contribution in [-0.4, -0.2) is 192 Å². The lowest BCUT2D eigenvalue weighted by Crippen LogP contribution is -2.62. The Kier molecular flexibility index (Phi) is 33.1. The molecule has 11 rings (SSSR count). The van der Waals surface area contributed by atoms with Gasteiger partial charge in [0.25, 0.3) is 0 Å². The number of aliphatic carboxylic acids is 2. The van der Waals surface area contributed by atoms with E-state index in [0.29, 0.717) is 66.2 Å². The van der Waals surface area contributed by atoms with Gasteiger partial charge in [0.2, 0.25) is 52.9 Å². The summed E-state index contributed by atoms with van der Waals surface area (Å²) in [5.74, 6) is -10.3. The minimum Gasteiger partial charge on any atom is -0.508 e. The number of amides is 8. The fourth-order valence-electron chi connectivity index (χ4n) is 16.6. The first-order chi connectivity index (χ1) is 60.0. The molecule has 0 saturated carbocycles. The highest BCUT2D eigenvalue weighted by atomic mass is 33.1.